The zero-order valence-corrected chi connectivity index (χ0v) is 12.3. The second-order valence-corrected chi connectivity index (χ2v) is 5.45. The van der Waals surface area contributed by atoms with Gasteiger partial charge in [-0.3, -0.25) is 4.79 Å². The van der Waals surface area contributed by atoms with Crippen LogP contribution >= 0.6 is 0 Å². The standard InChI is InChI=1S/C16H20N2O2/c1-16(2,17)13-8-9-14(18(3)15(13)19)11-6-5-7-12(10-11)20-4/h5-10H,17H2,1-4H3. The van der Waals surface area contributed by atoms with Crippen LogP contribution in [0, 0.1) is 0 Å². The molecule has 2 rings (SSSR count). The van der Waals surface area contributed by atoms with E-state index in [2.05, 4.69) is 0 Å². The van der Waals surface area contributed by atoms with Crippen LogP contribution in [0.2, 0.25) is 0 Å². The van der Waals surface area contributed by atoms with Crippen molar-refractivity contribution in [3.05, 3.63) is 52.3 Å². The molecule has 0 amide bonds. The summed E-state index contributed by atoms with van der Waals surface area (Å²) in [6.07, 6.45) is 0. The number of ether oxygens (including phenoxy) is 1. The van der Waals surface area contributed by atoms with E-state index in [0.717, 1.165) is 17.0 Å². The Morgan fingerprint density at radius 2 is 1.90 bits per heavy atom. The molecule has 2 N–H and O–H groups in total. The van der Waals surface area contributed by atoms with Crippen molar-refractivity contribution in [2.75, 3.05) is 7.11 Å². The second-order valence-electron chi connectivity index (χ2n) is 5.45. The summed E-state index contributed by atoms with van der Waals surface area (Å²) in [4.78, 5) is 12.4. The maximum Gasteiger partial charge on any atom is 0.255 e. The van der Waals surface area contributed by atoms with Crippen LogP contribution in [-0.4, -0.2) is 11.7 Å². The van der Waals surface area contributed by atoms with Crippen molar-refractivity contribution in [3.8, 4) is 17.0 Å². The van der Waals surface area contributed by atoms with Gasteiger partial charge in [0.15, 0.2) is 0 Å². The van der Waals surface area contributed by atoms with E-state index in [1.165, 1.54) is 0 Å². The van der Waals surface area contributed by atoms with Crippen LogP contribution in [0.1, 0.15) is 19.4 Å². The van der Waals surface area contributed by atoms with E-state index >= 15 is 0 Å². The number of methoxy groups -OCH3 is 1. The molecule has 106 valence electrons. The number of benzene rings is 1. The molecule has 20 heavy (non-hydrogen) atoms. The minimum atomic E-state index is -0.651. The molecular formula is C16H20N2O2. The van der Waals surface area contributed by atoms with E-state index < -0.39 is 5.54 Å². The molecule has 0 saturated heterocycles. The zero-order chi connectivity index (χ0) is 14.9. The van der Waals surface area contributed by atoms with Crippen molar-refractivity contribution in [1.82, 2.24) is 4.57 Å². The highest BCUT2D eigenvalue weighted by Crippen LogP contribution is 2.23. The van der Waals surface area contributed by atoms with E-state index in [1.54, 1.807) is 24.8 Å². The van der Waals surface area contributed by atoms with Gasteiger partial charge in [-0.2, -0.15) is 0 Å². The first-order chi connectivity index (χ1) is 9.34. The number of pyridine rings is 1. The minimum Gasteiger partial charge on any atom is -0.497 e. The van der Waals surface area contributed by atoms with E-state index in [1.807, 2.05) is 44.2 Å². The summed E-state index contributed by atoms with van der Waals surface area (Å²) in [7, 11) is 3.38. The van der Waals surface area contributed by atoms with E-state index in [0.29, 0.717) is 5.56 Å². The summed E-state index contributed by atoms with van der Waals surface area (Å²) in [6.45, 7) is 3.66. The molecule has 0 bridgehead atoms. The maximum atomic E-state index is 12.4. The molecule has 4 heteroatoms. The Hall–Kier alpha value is -2.07. The van der Waals surface area contributed by atoms with Crippen molar-refractivity contribution in [2.45, 2.75) is 19.4 Å². The van der Waals surface area contributed by atoms with Gasteiger partial charge in [0.2, 0.25) is 0 Å². The fourth-order valence-electron chi connectivity index (χ4n) is 2.20. The third-order valence-electron chi connectivity index (χ3n) is 3.36. The summed E-state index contributed by atoms with van der Waals surface area (Å²) < 4.78 is 6.84. The van der Waals surface area contributed by atoms with Gasteiger partial charge < -0.3 is 15.0 Å². The summed E-state index contributed by atoms with van der Waals surface area (Å²) in [5.74, 6) is 0.762. The molecule has 2 aromatic rings. The summed E-state index contributed by atoms with van der Waals surface area (Å²) in [5, 5.41) is 0. The number of nitrogens with two attached hydrogens (primary N) is 1. The zero-order valence-electron chi connectivity index (χ0n) is 12.3. The van der Waals surface area contributed by atoms with Crippen molar-refractivity contribution in [3.63, 3.8) is 0 Å². The predicted molar refractivity (Wildman–Crippen MR) is 80.9 cm³/mol. The van der Waals surface area contributed by atoms with Crippen LogP contribution in [0.3, 0.4) is 0 Å². The number of hydrogen-bond acceptors (Lipinski definition) is 3. The first kappa shape index (κ1) is 14.3. The third kappa shape index (κ3) is 2.60. The maximum absolute atomic E-state index is 12.4. The van der Waals surface area contributed by atoms with Gasteiger partial charge in [0.25, 0.3) is 5.56 Å². The number of aromatic nitrogens is 1. The van der Waals surface area contributed by atoms with Crippen LogP contribution in [0.4, 0.5) is 0 Å². The first-order valence-corrected chi connectivity index (χ1v) is 6.48. The van der Waals surface area contributed by atoms with Crippen LogP contribution in [0.15, 0.2) is 41.2 Å². The normalized spacial score (nSPS) is 11.4. The van der Waals surface area contributed by atoms with Crippen LogP contribution in [-0.2, 0) is 12.6 Å². The molecule has 0 aliphatic carbocycles. The topological polar surface area (TPSA) is 57.2 Å². The second kappa shape index (κ2) is 5.13. The van der Waals surface area contributed by atoms with Crippen molar-refractivity contribution in [2.24, 2.45) is 12.8 Å². The number of hydrogen-bond donors (Lipinski definition) is 1. The lowest BCUT2D eigenvalue weighted by Crippen LogP contribution is -2.37. The molecule has 1 aromatic carbocycles. The molecular weight excluding hydrogens is 252 g/mol. The van der Waals surface area contributed by atoms with Gasteiger partial charge in [0.05, 0.1) is 12.8 Å². The quantitative estimate of drug-likeness (QED) is 0.932. The van der Waals surface area contributed by atoms with E-state index in [9.17, 15) is 4.79 Å². The van der Waals surface area contributed by atoms with Crippen LogP contribution in [0.25, 0.3) is 11.3 Å². The summed E-state index contributed by atoms with van der Waals surface area (Å²) in [5.41, 5.74) is 7.68. The molecule has 0 aliphatic rings. The van der Waals surface area contributed by atoms with Gasteiger partial charge in [-0.05, 0) is 38.1 Å². The molecule has 0 aliphatic heterocycles. The fraction of sp³-hybridized carbons (Fsp3) is 0.312. The van der Waals surface area contributed by atoms with Crippen LogP contribution in [0.5, 0.6) is 5.75 Å². The smallest absolute Gasteiger partial charge is 0.255 e. The van der Waals surface area contributed by atoms with E-state index in [4.69, 9.17) is 10.5 Å². The molecule has 0 fully saturated rings. The largest absolute Gasteiger partial charge is 0.497 e. The van der Waals surface area contributed by atoms with E-state index in [-0.39, 0.29) is 5.56 Å². The Balaban J connectivity index is 2.60. The Morgan fingerprint density at radius 1 is 1.20 bits per heavy atom. The van der Waals surface area contributed by atoms with Crippen molar-refractivity contribution in [1.29, 1.82) is 0 Å². The van der Waals surface area contributed by atoms with Gasteiger partial charge in [-0.1, -0.05) is 12.1 Å². The molecule has 0 saturated carbocycles. The lowest BCUT2D eigenvalue weighted by atomic mass is 9.96. The minimum absolute atomic E-state index is 0.0715. The molecule has 0 unspecified atom stereocenters. The molecule has 0 spiro atoms. The van der Waals surface area contributed by atoms with Crippen LogP contribution < -0.4 is 16.0 Å². The molecule has 1 aromatic heterocycles. The molecule has 4 nitrogen and oxygen atoms in total. The highest BCUT2D eigenvalue weighted by atomic mass is 16.5. The Labute approximate surface area is 118 Å². The van der Waals surface area contributed by atoms with Gasteiger partial charge in [0.1, 0.15) is 5.75 Å². The summed E-state index contributed by atoms with van der Waals surface area (Å²) >= 11 is 0. The fourth-order valence-corrected chi connectivity index (χ4v) is 2.20. The number of rotatable bonds is 3. The molecule has 0 atom stereocenters. The molecule has 0 radical (unpaired) electrons. The third-order valence-corrected chi connectivity index (χ3v) is 3.36. The van der Waals surface area contributed by atoms with Gasteiger partial charge >= 0.3 is 0 Å². The SMILES string of the molecule is COc1cccc(-c2ccc(C(C)(C)N)c(=O)n2C)c1. The Kier molecular flexibility index (Phi) is 3.68. The Morgan fingerprint density at radius 3 is 2.50 bits per heavy atom. The van der Waals surface area contributed by atoms with Crippen molar-refractivity contribution < 1.29 is 4.74 Å². The lowest BCUT2D eigenvalue weighted by molar-refractivity contribution is 0.415. The number of nitrogens with zero attached hydrogens (tertiary/aromatic N) is 1. The average Bonchev–Trinajstić information content (AvgIpc) is 2.40. The summed E-state index contributed by atoms with van der Waals surface area (Å²) in [6, 6.07) is 11.3. The van der Waals surface area contributed by atoms with Gasteiger partial charge in [-0.15, -0.1) is 0 Å². The van der Waals surface area contributed by atoms with Gasteiger partial charge in [0, 0.05) is 23.7 Å². The van der Waals surface area contributed by atoms with Gasteiger partial charge in [-0.25, -0.2) is 0 Å². The lowest BCUT2D eigenvalue weighted by Gasteiger charge is -2.20. The Bertz CT molecular complexity index is 682. The van der Waals surface area contributed by atoms with Crippen molar-refractivity contribution >= 4 is 0 Å². The predicted octanol–water partition coefficient (Wildman–Crippen LogP) is 2.25. The first-order valence-electron chi connectivity index (χ1n) is 6.48. The monoisotopic (exact) mass is 272 g/mol. The highest BCUT2D eigenvalue weighted by Gasteiger charge is 2.20. The average molecular weight is 272 g/mol. The highest BCUT2D eigenvalue weighted by molar-refractivity contribution is 5.62. The molecule has 1 heterocycles.